The first-order chi connectivity index (χ1) is 10.6. The van der Waals surface area contributed by atoms with Crippen molar-refractivity contribution in [1.29, 1.82) is 0 Å². The molecule has 1 atom stereocenters. The molecule has 4 nitrogen and oxygen atoms in total. The topological polar surface area (TPSA) is 60.2 Å². The summed E-state index contributed by atoms with van der Waals surface area (Å²) in [6, 6.07) is 6.39. The minimum atomic E-state index is 0.327. The zero-order chi connectivity index (χ0) is 16.1. The van der Waals surface area contributed by atoms with Gasteiger partial charge in [-0.1, -0.05) is 6.58 Å². The van der Waals surface area contributed by atoms with Gasteiger partial charge < -0.3 is 15.8 Å². The Labute approximate surface area is 132 Å². The molecule has 1 aromatic heterocycles. The first-order valence-corrected chi connectivity index (χ1v) is 7.67. The number of fused-ring (bicyclic) bond motifs is 1. The van der Waals surface area contributed by atoms with E-state index >= 15 is 0 Å². The summed E-state index contributed by atoms with van der Waals surface area (Å²) in [5, 5.41) is 4.64. The summed E-state index contributed by atoms with van der Waals surface area (Å²) in [4.78, 5) is 4.70. The van der Waals surface area contributed by atoms with Crippen molar-refractivity contribution in [3.63, 3.8) is 0 Å². The minimum Gasteiger partial charge on any atom is -0.497 e. The second kappa shape index (κ2) is 7.27. The molecule has 1 aromatic carbocycles. The fourth-order valence-corrected chi connectivity index (χ4v) is 2.58. The average Bonchev–Trinajstić information content (AvgIpc) is 2.53. The number of aromatic nitrogens is 1. The monoisotopic (exact) mass is 299 g/mol. The standard InChI is InChI=1S/C18H25N3O/c1-5-14-9-12(2)16-10-15(22-4)11-17(18(16)21-14)20-13(3)7-6-8-19/h5,9-11,13,20H,1,6-8,19H2,2-4H3/t13-/m0/s1. The summed E-state index contributed by atoms with van der Waals surface area (Å²) >= 11 is 0. The Hall–Kier alpha value is -2.07. The number of ether oxygens (including phenoxy) is 1. The zero-order valence-corrected chi connectivity index (χ0v) is 13.6. The molecule has 0 bridgehead atoms. The highest BCUT2D eigenvalue weighted by molar-refractivity contribution is 5.94. The third-order valence-corrected chi connectivity index (χ3v) is 3.80. The molecule has 0 saturated heterocycles. The van der Waals surface area contributed by atoms with Crippen LogP contribution in [-0.4, -0.2) is 24.7 Å². The van der Waals surface area contributed by atoms with Crippen molar-refractivity contribution >= 4 is 22.7 Å². The predicted octanol–water partition coefficient (Wildman–Crippen LogP) is 3.73. The second-order valence-electron chi connectivity index (χ2n) is 5.62. The van der Waals surface area contributed by atoms with Crippen LogP contribution in [0.4, 0.5) is 5.69 Å². The Morgan fingerprint density at radius 3 is 2.82 bits per heavy atom. The van der Waals surface area contributed by atoms with Crippen molar-refractivity contribution in [1.82, 2.24) is 4.98 Å². The lowest BCUT2D eigenvalue weighted by atomic mass is 10.1. The van der Waals surface area contributed by atoms with Crippen molar-refractivity contribution in [2.45, 2.75) is 32.7 Å². The van der Waals surface area contributed by atoms with Crippen molar-refractivity contribution in [3.05, 3.63) is 36.0 Å². The van der Waals surface area contributed by atoms with Gasteiger partial charge >= 0.3 is 0 Å². The maximum absolute atomic E-state index is 5.59. The van der Waals surface area contributed by atoms with E-state index in [1.807, 2.05) is 18.2 Å². The highest BCUT2D eigenvalue weighted by Gasteiger charge is 2.11. The lowest BCUT2D eigenvalue weighted by Crippen LogP contribution is -2.17. The fourth-order valence-electron chi connectivity index (χ4n) is 2.58. The Kier molecular flexibility index (Phi) is 5.39. The third kappa shape index (κ3) is 3.57. The molecule has 3 N–H and O–H groups in total. The molecule has 0 spiro atoms. The van der Waals surface area contributed by atoms with E-state index in [4.69, 9.17) is 15.5 Å². The normalized spacial score (nSPS) is 12.2. The summed E-state index contributed by atoms with van der Waals surface area (Å²) in [5.74, 6) is 0.831. The Morgan fingerprint density at radius 1 is 1.41 bits per heavy atom. The van der Waals surface area contributed by atoms with Gasteiger partial charge in [-0.15, -0.1) is 0 Å². The molecule has 22 heavy (non-hydrogen) atoms. The number of aryl methyl sites for hydroxylation is 1. The molecule has 0 aliphatic rings. The molecular formula is C18H25N3O. The third-order valence-electron chi connectivity index (χ3n) is 3.80. The van der Waals surface area contributed by atoms with E-state index < -0.39 is 0 Å². The summed E-state index contributed by atoms with van der Waals surface area (Å²) in [6.07, 6.45) is 3.80. The van der Waals surface area contributed by atoms with Gasteiger partial charge in [-0.05, 0) is 57.0 Å². The van der Waals surface area contributed by atoms with Gasteiger partial charge in [0.15, 0.2) is 0 Å². The SMILES string of the molecule is C=Cc1cc(C)c2cc(OC)cc(N[C@@H](C)CCCN)c2n1. The molecule has 4 heteroatoms. The van der Waals surface area contributed by atoms with Crippen molar-refractivity contribution in [3.8, 4) is 5.75 Å². The van der Waals surface area contributed by atoms with Crippen molar-refractivity contribution in [2.24, 2.45) is 5.73 Å². The van der Waals surface area contributed by atoms with Crippen LogP contribution in [0.3, 0.4) is 0 Å². The molecular weight excluding hydrogens is 274 g/mol. The van der Waals surface area contributed by atoms with Crippen LogP contribution in [0.5, 0.6) is 5.75 Å². The van der Waals surface area contributed by atoms with Crippen LogP contribution >= 0.6 is 0 Å². The smallest absolute Gasteiger partial charge is 0.121 e. The van der Waals surface area contributed by atoms with E-state index in [-0.39, 0.29) is 0 Å². The molecule has 1 heterocycles. The van der Waals surface area contributed by atoms with E-state index in [0.29, 0.717) is 12.6 Å². The fraction of sp³-hybridized carbons (Fsp3) is 0.389. The largest absolute Gasteiger partial charge is 0.497 e. The number of pyridine rings is 1. The van der Waals surface area contributed by atoms with Crippen LogP contribution in [0, 0.1) is 6.92 Å². The number of nitrogens with one attached hydrogen (secondary N) is 1. The number of methoxy groups -OCH3 is 1. The van der Waals surface area contributed by atoms with Crippen LogP contribution in [0.1, 0.15) is 31.0 Å². The van der Waals surface area contributed by atoms with Gasteiger partial charge in [-0.25, -0.2) is 4.98 Å². The van der Waals surface area contributed by atoms with Gasteiger partial charge in [-0.3, -0.25) is 0 Å². The number of hydrogen-bond donors (Lipinski definition) is 2. The van der Waals surface area contributed by atoms with Crippen LogP contribution in [-0.2, 0) is 0 Å². The first kappa shape index (κ1) is 16.3. The van der Waals surface area contributed by atoms with Crippen LogP contribution in [0.15, 0.2) is 24.8 Å². The number of benzene rings is 1. The van der Waals surface area contributed by atoms with Crippen molar-refractivity contribution < 1.29 is 4.74 Å². The number of anilines is 1. The van der Waals surface area contributed by atoms with E-state index in [9.17, 15) is 0 Å². The van der Waals surface area contributed by atoms with E-state index in [0.717, 1.165) is 46.4 Å². The van der Waals surface area contributed by atoms with Crippen LogP contribution in [0.2, 0.25) is 0 Å². The Bertz CT molecular complexity index is 667. The molecule has 0 saturated carbocycles. The summed E-state index contributed by atoms with van der Waals surface area (Å²) in [6.45, 7) is 8.77. The van der Waals surface area contributed by atoms with Crippen LogP contribution in [0.25, 0.3) is 17.0 Å². The predicted molar refractivity (Wildman–Crippen MR) is 94.5 cm³/mol. The summed E-state index contributed by atoms with van der Waals surface area (Å²) < 4.78 is 5.43. The zero-order valence-electron chi connectivity index (χ0n) is 13.6. The van der Waals surface area contributed by atoms with Crippen molar-refractivity contribution in [2.75, 3.05) is 19.0 Å². The van der Waals surface area contributed by atoms with E-state index in [1.165, 1.54) is 0 Å². The quantitative estimate of drug-likeness (QED) is 0.817. The molecule has 0 fully saturated rings. The summed E-state index contributed by atoms with van der Waals surface area (Å²) in [5.41, 5.74) is 9.58. The Balaban J connectivity index is 2.49. The lowest BCUT2D eigenvalue weighted by molar-refractivity contribution is 0.415. The molecule has 118 valence electrons. The lowest BCUT2D eigenvalue weighted by Gasteiger charge is -2.18. The van der Waals surface area contributed by atoms with E-state index in [2.05, 4.69) is 25.7 Å². The van der Waals surface area contributed by atoms with Gasteiger partial charge in [0.05, 0.1) is 24.0 Å². The van der Waals surface area contributed by atoms with Gasteiger partial charge in [0.2, 0.25) is 0 Å². The van der Waals surface area contributed by atoms with E-state index in [1.54, 1.807) is 13.2 Å². The maximum Gasteiger partial charge on any atom is 0.121 e. The number of rotatable bonds is 7. The van der Waals surface area contributed by atoms with Crippen LogP contribution < -0.4 is 15.8 Å². The molecule has 0 aliphatic carbocycles. The molecule has 2 rings (SSSR count). The van der Waals surface area contributed by atoms with Gasteiger partial charge in [-0.2, -0.15) is 0 Å². The number of nitrogens with zero attached hydrogens (tertiary/aromatic N) is 1. The van der Waals surface area contributed by atoms with Gasteiger partial charge in [0.1, 0.15) is 5.75 Å². The number of nitrogens with two attached hydrogens (primary N) is 1. The van der Waals surface area contributed by atoms with Gasteiger partial charge in [0, 0.05) is 17.5 Å². The molecule has 0 unspecified atom stereocenters. The molecule has 2 aromatic rings. The van der Waals surface area contributed by atoms with Gasteiger partial charge in [0.25, 0.3) is 0 Å². The summed E-state index contributed by atoms with van der Waals surface area (Å²) in [7, 11) is 1.68. The number of hydrogen-bond acceptors (Lipinski definition) is 4. The maximum atomic E-state index is 5.59. The molecule has 0 amide bonds. The highest BCUT2D eigenvalue weighted by atomic mass is 16.5. The highest BCUT2D eigenvalue weighted by Crippen LogP contribution is 2.31. The average molecular weight is 299 g/mol. The Morgan fingerprint density at radius 2 is 2.18 bits per heavy atom. The molecule has 0 aliphatic heterocycles. The molecule has 0 radical (unpaired) electrons. The first-order valence-electron chi connectivity index (χ1n) is 7.67. The minimum absolute atomic E-state index is 0.327. The second-order valence-corrected chi connectivity index (χ2v) is 5.62.